The molecule has 0 saturated carbocycles. The third-order valence-corrected chi connectivity index (χ3v) is 2.88. The average molecular weight is 241 g/mol. The van der Waals surface area contributed by atoms with E-state index in [0.29, 0.717) is 12.0 Å². The first-order chi connectivity index (χ1) is 8.02. The molecule has 0 radical (unpaired) electrons. The first-order valence-electron chi connectivity index (χ1n) is 6.20. The molecule has 2 atom stereocenters. The summed E-state index contributed by atoms with van der Waals surface area (Å²) >= 11 is 0. The molecular weight excluding hydrogens is 220 g/mol. The van der Waals surface area contributed by atoms with Crippen molar-refractivity contribution in [1.82, 2.24) is 5.32 Å². The fraction of sp³-hybridized carbons (Fsp3) is 0.571. The maximum Gasteiger partial charge on any atom is 0.159 e. The van der Waals surface area contributed by atoms with Gasteiger partial charge in [0.1, 0.15) is 0 Å². The van der Waals surface area contributed by atoms with E-state index in [1.807, 2.05) is 0 Å². The summed E-state index contributed by atoms with van der Waals surface area (Å²) in [5.41, 5.74) is 0.861. The monoisotopic (exact) mass is 241 g/mol. The van der Waals surface area contributed by atoms with Crippen LogP contribution in [0.15, 0.2) is 18.2 Å². The molecule has 96 valence electrons. The number of nitrogens with one attached hydrogen (secondary N) is 1. The highest BCUT2D eigenvalue weighted by Gasteiger charge is 2.10. The summed E-state index contributed by atoms with van der Waals surface area (Å²) in [6, 6.07) is 4.61. The Labute approximate surface area is 102 Å². The molecule has 1 aromatic rings. The molecule has 0 fully saturated rings. The van der Waals surface area contributed by atoms with Crippen LogP contribution in [0.2, 0.25) is 0 Å². The Kier molecular flexibility index (Phi) is 5.56. The summed E-state index contributed by atoms with van der Waals surface area (Å²) in [7, 11) is 0. The molecule has 0 aliphatic heterocycles. The van der Waals surface area contributed by atoms with Gasteiger partial charge in [0.15, 0.2) is 11.6 Å². The third-order valence-electron chi connectivity index (χ3n) is 2.88. The van der Waals surface area contributed by atoms with Gasteiger partial charge in [0.2, 0.25) is 0 Å². The van der Waals surface area contributed by atoms with Gasteiger partial charge in [0.05, 0.1) is 0 Å². The van der Waals surface area contributed by atoms with Crippen molar-refractivity contribution in [2.45, 2.75) is 39.7 Å². The zero-order valence-corrected chi connectivity index (χ0v) is 10.8. The molecular formula is C14H21F2N. The Morgan fingerprint density at radius 3 is 2.47 bits per heavy atom. The predicted molar refractivity (Wildman–Crippen MR) is 67.0 cm³/mol. The summed E-state index contributed by atoms with van der Waals surface area (Å²) in [5.74, 6) is -1.08. The van der Waals surface area contributed by atoms with Gasteiger partial charge >= 0.3 is 0 Å². The quantitative estimate of drug-likeness (QED) is 0.803. The molecule has 0 heterocycles. The van der Waals surface area contributed by atoms with Crippen molar-refractivity contribution in [2.24, 2.45) is 5.92 Å². The van der Waals surface area contributed by atoms with Crippen molar-refractivity contribution in [3.63, 3.8) is 0 Å². The fourth-order valence-corrected chi connectivity index (χ4v) is 2.19. The van der Waals surface area contributed by atoms with Crippen LogP contribution in [-0.2, 0) is 6.42 Å². The smallest absolute Gasteiger partial charge is 0.159 e. The molecule has 0 saturated heterocycles. The molecule has 0 aromatic heterocycles. The minimum Gasteiger partial charge on any atom is -0.315 e. The molecule has 1 aromatic carbocycles. The van der Waals surface area contributed by atoms with E-state index in [2.05, 4.69) is 26.1 Å². The van der Waals surface area contributed by atoms with Gasteiger partial charge in [-0.3, -0.25) is 0 Å². The van der Waals surface area contributed by atoms with Gasteiger partial charge in [-0.1, -0.05) is 19.9 Å². The van der Waals surface area contributed by atoms with Crippen LogP contribution < -0.4 is 5.32 Å². The van der Waals surface area contributed by atoms with Crippen LogP contribution in [0, 0.1) is 17.6 Å². The molecule has 0 bridgehead atoms. The van der Waals surface area contributed by atoms with Gasteiger partial charge in [-0.2, -0.15) is 0 Å². The van der Waals surface area contributed by atoms with Crippen molar-refractivity contribution in [3.8, 4) is 0 Å². The second-order valence-corrected chi connectivity index (χ2v) is 4.75. The summed E-state index contributed by atoms with van der Waals surface area (Å²) in [6.45, 7) is 7.32. The molecule has 3 heteroatoms. The van der Waals surface area contributed by atoms with Crippen molar-refractivity contribution in [2.75, 3.05) is 6.54 Å². The van der Waals surface area contributed by atoms with E-state index < -0.39 is 11.6 Å². The normalized spacial score (nSPS) is 14.6. The van der Waals surface area contributed by atoms with Gasteiger partial charge in [-0.15, -0.1) is 0 Å². The lowest BCUT2D eigenvalue weighted by molar-refractivity contribution is 0.425. The summed E-state index contributed by atoms with van der Waals surface area (Å²) in [5, 5.41) is 3.35. The summed E-state index contributed by atoms with van der Waals surface area (Å²) < 4.78 is 25.8. The number of hydrogen-bond donors (Lipinski definition) is 1. The highest BCUT2D eigenvalue weighted by Crippen LogP contribution is 2.16. The van der Waals surface area contributed by atoms with E-state index in [9.17, 15) is 8.78 Å². The molecule has 1 rings (SSSR count). The first kappa shape index (κ1) is 14.1. The van der Waals surface area contributed by atoms with Crippen LogP contribution in [0.1, 0.15) is 32.8 Å². The number of rotatable bonds is 6. The van der Waals surface area contributed by atoms with Crippen molar-refractivity contribution < 1.29 is 8.78 Å². The second-order valence-electron chi connectivity index (χ2n) is 4.75. The molecule has 1 N–H and O–H groups in total. The Morgan fingerprint density at radius 2 is 1.88 bits per heavy atom. The number of halogens is 2. The molecule has 0 aliphatic carbocycles. The zero-order valence-electron chi connectivity index (χ0n) is 10.8. The van der Waals surface area contributed by atoms with Crippen molar-refractivity contribution in [1.29, 1.82) is 0 Å². The molecule has 1 nitrogen and oxygen atoms in total. The second kappa shape index (κ2) is 6.70. The largest absolute Gasteiger partial charge is 0.315 e. The van der Waals surface area contributed by atoms with E-state index >= 15 is 0 Å². The maximum absolute atomic E-state index is 13.0. The van der Waals surface area contributed by atoms with Crippen LogP contribution in [0.5, 0.6) is 0 Å². The topological polar surface area (TPSA) is 12.0 Å². The van der Waals surface area contributed by atoms with E-state index in [4.69, 9.17) is 0 Å². The van der Waals surface area contributed by atoms with Gasteiger partial charge in [-0.25, -0.2) is 8.78 Å². The summed E-state index contributed by atoms with van der Waals surface area (Å²) in [4.78, 5) is 0. The Balaban J connectivity index is 2.50. The average Bonchev–Trinajstić information content (AvgIpc) is 2.23. The molecule has 2 unspecified atom stereocenters. The Morgan fingerprint density at radius 1 is 1.18 bits per heavy atom. The zero-order chi connectivity index (χ0) is 12.8. The minimum absolute atomic E-state index is 0.453. The van der Waals surface area contributed by atoms with Crippen LogP contribution in [-0.4, -0.2) is 12.6 Å². The minimum atomic E-state index is -0.776. The van der Waals surface area contributed by atoms with E-state index in [1.165, 1.54) is 12.1 Å². The van der Waals surface area contributed by atoms with E-state index in [-0.39, 0.29) is 0 Å². The number of benzene rings is 1. The molecule has 0 aliphatic rings. The van der Waals surface area contributed by atoms with Gasteiger partial charge in [0, 0.05) is 6.04 Å². The van der Waals surface area contributed by atoms with Gasteiger partial charge < -0.3 is 5.32 Å². The van der Waals surface area contributed by atoms with Crippen LogP contribution in [0.25, 0.3) is 0 Å². The standard InChI is InChI=1S/C14H21F2N/c1-4-17-11(3)7-10(2)8-12-5-6-13(15)14(16)9-12/h5-6,9-11,17H,4,7-8H2,1-3H3. The van der Waals surface area contributed by atoms with E-state index in [1.54, 1.807) is 6.07 Å². The maximum atomic E-state index is 13.0. The van der Waals surface area contributed by atoms with Gasteiger partial charge in [0.25, 0.3) is 0 Å². The lowest BCUT2D eigenvalue weighted by Gasteiger charge is -2.18. The fourth-order valence-electron chi connectivity index (χ4n) is 2.19. The van der Waals surface area contributed by atoms with Crippen molar-refractivity contribution in [3.05, 3.63) is 35.4 Å². The third kappa shape index (κ3) is 4.82. The Hall–Kier alpha value is -0.960. The lowest BCUT2D eigenvalue weighted by Crippen LogP contribution is -2.27. The first-order valence-corrected chi connectivity index (χ1v) is 6.20. The van der Waals surface area contributed by atoms with Gasteiger partial charge in [-0.05, 0) is 49.9 Å². The van der Waals surface area contributed by atoms with Crippen LogP contribution in [0.3, 0.4) is 0 Å². The lowest BCUT2D eigenvalue weighted by atomic mass is 9.95. The molecule has 0 amide bonds. The Bertz CT molecular complexity index is 352. The van der Waals surface area contributed by atoms with Crippen LogP contribution >= 0.6 is 0 Å². The number of hydrogen-bond acceptors (Lipinski definition) is 1. The molecule has 17 heavy (non-hydrogen) atoms. The van der Waals surface area contributed by atoms with E-state index in [0.717, 1.165) is 24.9 Å². The predicted octanol–water partition coefficient (Wildman–Crippen LogP) is 3.53. The van der Waals surface area contributed by atoms with Crippen LogP contribution in [0.4, 0.5) is 8.78 Å². The SMILES string of the molecule is CCNC(C)CC(C)Cc1ccc(F)c(F)c1. The highest BCUT2D eigenvalue weighted by molar-refractivity contribution is 5.18. The van der Waals surface area contributed by atoms with Crippen molar-refractivity contribution >= 4 is 0 Å². The summed E-state index contributed by atoms with van der Waals surface area (Å²) in [6.07, 6.45) is 1.82. The highest BCUT2D eigenvalue weighted by atomic mass is 19.2. The molecule has 0 spiro atoms.